The average Bonchev–Trinajstić information content (AvgIpc) is 2.30. The SMILES string of the molecule is Cc1ccn(CCCS(=O)(=O)O)c2cc(=O)ccc1-2. The Hall–Kier alpha value is -1.66. The molecule has 0 spiro atoms. The highest BCUT2D eigenvalue weighted by molar-refractivity contribution is 7.85. The number of nitrogens with zero attached hydrogens (tertiary/aromatic N) is 1. The van der Waals surface area contributed by atoms with Crippen LogP contribution in [-0.4, -0.2) is 23.3 Å². The molecule has 0 saturated heterocycles. The fraction of sp³-hybridized carbons (Fsp3) is 0.308. The van der Waals surface area contributed by atoms with Crippen LogP contribution in [0, 0.1) is 6.92 Å². The lowest BCUT2D eigenvalue weighted by Gasteiger charge is -2.17. The van der Waals surface area contributed by atoms with Crippen molar-refractivity contribution in [3.63, 3.8) is 0 Å². The first-order valence-corrected chi connectivity index (χ1v) is 7.53. The summed E-state index contributed by atoms with van der Waals surface area (Å²) in [6.07, 6.45) is 2.12. The van der Waals surface area contributed by atoms with Gasteiger partial charge in [-0.05, 0) is 37.1 Å². The number of hydrogen-bond acceptors (Lipinski definition) is 3. The van der Waals surface area contributed by atoms with Crippen molar-refractivity contribution in [2.45, 2.75) is 19.9 Å². The summed E-state index contributed by atoms with van der Waals surface area (Å²) in [4.78, 5) is 11.4. The topological polar surface area (TPSA) is 76.4 Å². The molecule has 102 valence electrons. The third-order valence-corrected chi connectivity index (χ3v) is 3.81. The van der Waals surface area contributed by atoms with E-state index in [4.69, 9.17) is 4.55 Å². The smallest absolute Gasteiger partial charge is 0.264 e. The lowest BCUT2D eigenvalue weighted by molar-refractivity contribution is 0.478. The molecule has 0 unspecified atom stereocenters. The summed E-state index contributed by atoms with van der Waals surface area (Å²) in [7, 11) is -3.94. The zero-order chi connectivity index (χ0) is 14.0. The molecule has 0 aromatic rings. The van der Waals surface area contributed by atoms with Crippen LogP contribution in [0.5, 0.6) is 0 Å². The van der Waals surface area contributed by atoms with E-state index < -0.39 is 10.1 Å². The maximum atomic E-state index is 11.4. The van der Waals surface area contributed by atoms with Gasteiger partial charge in [-0.3, -0.25) is 9.35 Å². The van der Waals surface area contributed by atoms with Crippen molar-refractivity contribution in [2.75, 3.05) is 5.75 Å². The van der Waals surface area contributed by atoms with Crippen LogP contribution < -0.4 is 5.43 Å². The molecule has 0 bridgehead atoms. The molecule has 0 amide bonds. The minimum atomic E-state index is -3.94. The van der Waals surface area contributed by atoms with Crippen LogP contribution in [0.15, 0.2) is 35.3 Å². The summed E-state index contributed by atoms with van der Waals surface area (Å²) in [6, 6.07) is 6.74. The van der Waals surface area contributed by atoms with E-state index >= 15 is 0 Å². The molecule has 1 N–H and O–H groups in total. The van der Waals surface area contributed by atoms with E-state index in [1.807, 2.05) is 23.8 Å². The molecule has 19 heavy (non-hydrogen) atoms. The maximum Gasteiger partial charge on any atom is 0.264 e. The van der Waals surface area contributed by atoms with Gasteiger partial charge in [0.1, 0.15) is 0 Å². The molecule has 2 rings (SSSR count). The Morgan fingerprint density at radius 1 is 1.26 bits per heavy atom. The minimum Gasteiger partial charge on any atom is -0.347 e. The molecule has 1 aliphatic heterocycles. The van der Waals surface area contributed by atoms with E-state index in [1.54, 1.807) is 6.07 Å². The standard InChI is InChI=1S/C13H15NO4S/c1-10-5-7-14(6-2-8-19(16,17)18)13-9-11(15)3-4-12(10)13/h3-5,7,9H,2,6,8H2,1H3,(H,16,17,18). The normalized spacial score (nSPS) is 11.9. The van der Waals surface area contributed by atoms with Gasteiger partial charge in [-0.25, -0.2) is 0 Å². The summed E-state index contributed by atoms with van der Waals surface area (Å²) < 4.78 is 31.9. The van der Waals surface area contributed by atoms with Crippen LogP contribution in [0.2, 0.25) is 0 Å². The Bertz CT molecular complexity index is 718. The first kappa shape index (κ1) is 13.8. The monoisotopic (exact) mass is 281 g/mol. The molecule has 0 aromatic carbocycles. The second kappa shape index (κ2) is 5.14. The van der Waals surface area contributed by atoms with Crippen molar-refractivity contribution in [3.05, 3.63) is 46.2 Å². The third kappa shape index (κ3) is 3.42. The van der Waals surface area contributed by atoms with Crippen molar-refractivity contribution in [1.82, 2.24) is 4.57 Å². The number of aromatic nitrogens is 1. The Morgan fingerprint density at radius 2 is 2.00 bits per heavy atom. The van der Waals surface area contributed by atoms with Crippen molar-refractivity contribution in [1.29, 1.82) is 0 Å². The highest BCUT2D eigenvalue weighted by atomic mass is 32.2. The predicted molar refractivity (Wildman–Crippen MR) is 73.1 cm³/mol. The van der Waals surface area contributed by atoms with Crippen LogP contribution in [-0.2, 0) is 16.7 Å². The van der Waals surface area contributed by atoms with Crippen molar-refractivity contribution < 1.29 is 13.0 Å². The molecule has 5 nitrogen and oxygen atoms in total. The molecular formula is C13H15NO4S. The van der Waals surface area contributed by atoms with E-state index in [0.717, 1.165) is 16.8 Å². The van der Waals surface area contributed by atoms with Gasteiger partial charge in [0.05, 0.1) is 11.4 Å². The van der Waals surface area contributed by atoms with E-state index in [0.29, 0.717) is 13.0 Å². The molecule has 0 radical (unpaired) electrons. The van der Waals surface area contributed by atoms with Crippen LogP contribution in [0.3, 0.4) is 0 Å². The quantitative estimate of drug-likeness (QED) is 0.862. The van der Waals surface area contributed by atoms with Gasteiger partial charge in [-0.2, -0.15) is 8.42 Å². The number of aryl methyl sites for hydroxylation is 2. The summed E-state index contributed by atoms with van der Waals surface area (Å²) in [6.45, 7) is 2.38. The van der Waals surface area contributed by atoms with Crippen molar-refractivity contribution in [3.8, 4) is 11.3 Å². The van der Waals surface area contributed by atoms with Crippen LogP contribution in [0.4, 0.5) is 0 Å². The van der Waals surface area contributed by atoms with E-state index in [-0.39, 0.29) is 11.2 Å². The molecule has 0 aromatic heterocycles. The van der Waals surface area contributed by atoms with E-state index in [1.165, 1.54) is 12.1 Å². The number of pyridine rings is 1. The highest BCUT2D eigenvalue weighted by Gasteiger charge is 2.10. The zero-order valence-corrected chi connectivity index (χ0v) is 11.4. The lowest BCUT2D eigenvalue weighted by atomic mass is 10.0. The van der Waals surface area contributed by atoms with Gasteiger partial charge in [-0.15, -0.1) is 0 Å². The van der Waals surface area contributed by atoms with Crippen LogP contribution in [0.25, 0.3) is 11.3 Å². The molecule has 2 aliphatic rings. The Balaban J connectivity index is 2.32. The van der Waals surface area contributed by atoms with Crippen LogP contribution >= 0.6 is 0 Å². The zero-order valence-electron chi connectivity index (χ0n) is 10.5. The van der Waals surface area contributed by atoms with Gasteiger partial charge in [0, 0.05) is 24.4 Å². The Morgan fingerprint density at radius 3 is 2.68 bits per heavy atom. The van der Waals surface area contributed by atoms with Crippen molar-refractivity contribution >= 4 is 10.1 Å². The number of fused-ring (bicyclic) bond motifs is 1. The van der Waals surface area contributed by atoms with Gasteiger partial charge in [0.2, 0.25) is 0 Å². The molecule has 1 heterocycles. The first-order chi connectivity index (χ1) is 8.87. The molecule has 0 fully saturated rings. The summed E-state index contributed by atoms with van der Waals surface area (Å²) in [5.74, 6) is -0.285. The largest absolute Gasteiger partial charge is 0.347 e. The minimum absolute atomic E-state index is 0.0818. The van der Waals surface area contributed by atoms with Gasteiger partial charge in [0.25, 0.3) is 10.1 Å². The van der Waals surface area contributed by atoms with Crippen LogP contribution in [0.1, 0.15) is 12.0 Å². The summed E-state index contributed by atoms with van der Waals surface area (Å²) >= 11 is 0. The summed E-state index contributed by atoms with van der Waals surface area (Å²) in [5, 5.41) is 0. The second-order valence-electron chi connectivity index (χ2n) is 4.51. The molecule has 0 saturated carbocycles. The van der Waals surface area contributed by atoms with Gasteiger partial charge < -0.3 is 4.57 Å². The number of hydrogen-bond donors (Lipinski definition) is 1. The Labute approximate surface area is 111 Å². The number of benzene rings is 1. The number of rotatable bonds is 4. The second-order valence-corrected chi connectivity index (χ2v) is 6.08. The average molecular weight is 281 g/mol. The van der Waals surface area contributed by atoms with Crippen molar-refractivity contribution in [2.24, 2.45) is 0 Å². The molecular weight excluding hydrogens is 266 g/mol. The highest BCUT2D eigenvalue weighted by Crippen LogP contribution is 2.23. The Kier molecular flexibility index (Phi) is 3.73. The molecule has 1 aliphatic carbocycles. The van der Waals surface area contributed by atoms with E-state index in [9.17, 15) is 13.2 Å². The summed E-state index contributed by atoms with van der Waals surface area (Å²) in [5.41, 5.74) is 2.72. The third-order valence-electron chi connectivity index (χ3n) is 3.01. The fourth-order valence-corrected chi connectivity index (χ4v) is 2.56. The van der Waals surface area contributed by atoms with Gasteiger partial charge >= 0.3 is 0 Å². The first-order valence-electron chi connectivity index (χ1n) is 5.92. The molecule has 6 heteroatoms. The van der Waals surface area contributed by atoms with E-state index in [2.05, 4.69) is 0 Å². The van der Waals surface area contributed by atoms with Gasteiger partial charge in [-0.1, -0.05) is 0 Å². The molecule has 0 atom stereocenters. The lowest BCUT2D eigenvalue weighted by Crippen LogP contribution is -2.12. The fourth-order valence-electron chi connectivity index (χ4n) is 2.07. The predicted octanol–water partition coefficient (Wildman–Crippen LogP) is 1.54. The van der Waals surface area contributed by atoms with Gasteiger partial charge in [0.15, 0.2) is 5.43 Å². The maximum absolute atomic E-state index is 11.4.